The summed E-state index contributed by atoms with van der Waals surface area (Å²) in [5.41, 5.74) is 2.51. The number of nitrogens with zero attached hydrogens (tertiary/aromatic N) is 3. The van der Waals surface area contributed by atoms with Gasteiger partial charge in [-0.1, -0.05) is 13.0 Å². The highest BCUT2D eigenvalue weighted by molar-refractivity contribution is 5.73. The summed E-state index contributed by atoms with van der Waals surface area (Å²) >= 11 is 0. The van der Waals surface area contributed by atoms with E-state index in [1.807, 2.05) is 6.92 Å². The largest absolute Gasteiger partial charge is 0.480 e. The van der Waals surface area contributed by atoms with Crippen LogP contribution in [0.15, 0.2) is 12.1 Å². The molecular formula is C19H30N4O2. The number of fused-ring (bicyclic) bond motifs is 1. The Morgan fingerprint density at radius 1 is 1.48 bits per heavy atom. The number of nitrogens with one attached hydrogen (secondary N) is 1. The van der Waals surface area contributed by atoms with Gasteiger partial charge in [0.2, 0.25) is 0 Å². The number of carbonyl (C=O) groups is 1. The number of carboxylic acids is 1. The molecule has 25 heavy (non-hydrogen) atoms. The van der Waals surface area contributed by atoms with E-state index in [-0.39, 0.29) is 0 Å². The Kier molecular flexibility index (Phi) is 5.91. The zero-order valence-electron chi connectivity index (χ0n) is 15.4. The summed E-state index contributed by atoms with van der Waals surface area (Å²) < 4.78 is 0. The molecule has 0 radical (unpaired) electrons. The zero-order valence-corrected chi connectivity index (χ0v) is 15.4. The van der Waals surface area contributed by atoms with Crippen molar-refractivity contribution in [1.29, 1.82) is 0 Å². The second kappa shape index (κ2) is 8.15. The first kappa shape index (κ1) is 18.1. The molecule has 3 heterocycles. The Labute approximate surface area is 150 Å². The minimum absolute atomic E-state index is 0.377. The molecule has 6 nitrogen and oxygen atoms in total. The van der Waals surface area contributed by atoms with Gasteiger partial charge in [0.1, 0.15) is 11.9 Å². The summed E-state index contributed by atoms with van der Waals surface area (Å²) in [5.74, 6) is 0.349. The molecule has 2 N–H and O–H groups in total. The predicted molar refractivity (Wildman–Crippen MR) is 99.1 cm³/mol. The summed E-state index contributed by atoms with van der Waals surface area (Å²) in [6.07, 6.45) is 4.42. The first-order valence-electron chi connectivity index (χ1n) is 9.52. The van der Waals surface area contributed by atoms with Crippen molar-refractivity contribution >= 4 is 11.8 Å². The lowest BCUT2D eigenvalue weighted by Gasteiger charge is -2.46. The lowest BCUT2D eigenvalue weighted by Crippen LogP contribution is -2.62. The number of aryl methyl sites for hydroxylation is 2. The van der Waals surface area contributed by atoms with Crippen LogP contribution < -0.4 is 5.32 Å². The molecule has 1 fully saturated rings. The van der Waals surface area contributed by atoms with Crippen molar-refractivity contribution in [3.8, 4) is 0 Å². The van der Waals surface area contributed by atoms with Gasteiger partial charge < -0.3 is 15.3 Å². The Morgan fingerprint density at radius 2 is 2.28 bits per heavy atom. The summed E-state index contributed by atoms with van der Waals surface area (Å²) in [7, 11) is 0. The van der Waals surface area contributed by atoms with Crippen LogP contribution in [0, 0.1) is 0 Å². The fourth-order valence-electron chi connectivity index (χ4n) is 3.92. The molecule has 0 spiro atoms. The van der Waals surface area contributed by atoms with E-state index in [4.69, 9.17) is 4.98 Å². The molecule has 0 saturated carbocycles. The molecule has 1 unspecified atom stereocenters. The van der Waals surface area contributed by atoms with E-state index in [1.54, 1.807) is 6.92 Å². The van der Waals surface area contributed by atoms with Crippen molar-refractivity contribution < 1.29 is 9.90 Å². The van der Waals surface area contributed by atoms with Crippen molar-refractivity contribution in [2.75, 3.05) is 38.0 Å². The van der Waals surface area contributed by atoms with Crippen LogP contribution in [0.2, 0.25) is 0 Å². The summed E-state index contributed by atoms with van der Waals surface area (Å²) in [5, 5.41) is 12.6. The molecule has 138 valence electrons. The van der Waals surface area contributed by atoms with Crippen LogP contribution >= 0.6 is 0 Å². The number of carboxylic acid groups (broad SMARTS) is 1. The van der Waals surface area contributed by atoms with Gasteiger partial charge in [-0.25, -0.2) is 4.98 Å². The quantitative estimate of drug-likeness (QED) is 0.749. The molecule has 1 saturated heterocycles. The maximum atomic E-state index is 11.2. The third-order valence-corrected chi connectivity index (χ3v) is 5.49. The molecule has 1 atom stereocenters. The molecule has 2 aliphatic heterocycles. The Bertz CT molecular complexity index is 601. The number of hydrogen-bond acceptors (Lipinski definition) is 5. The summed E-state index contributed by atoms with van der Waals surface area (Å²) in [6, 6.07) is 4.36. The molecule has 6 heteroatoms. The Hall–Kier alpha value is -1.66. The number of rotatable bonds is 8. The van der Waals surface area contributed by atoms with Gasteiger partial charge in [0.25, 0.3) is 0 Å². The smallest absolute Gasteiger partial charge is 0.320 e. The van der Waals surface area contributed by atoms with Crippen LogP contribution in [0.1, 0.15) is 37.9 Å². The number of hydrogen-bond donors (Lipinski definition) is 2. The SMILES string of the molecule is CCN(C1CN(CCCc2ccc3c(n2)NCCC3)C1)C(C)C(=O)O. The number of anilines is 1. The lowest BCUT2D eigenvalue weighted by atomic mass is 10.0. The van der Waals surface area contributed by atoms with Gasteiger partial charge in [-0.2, -0.15) is 0 Å². The van der Waals surface area contributed by atoms with Gasteiger partial charge in [0.05, 0.1) is 0 Å². The van der Waals surface area contributed by atoms with E-state index in [1.165, 1.54) is 17.7 Å². The van der Waals surface area contributed by atoms with Crippen LogP contribution in [0.5, 0.6) is 0 Å². The monoisotopic (exact) mass is 346 g/mol. The fourth-order valence-corrected chi connectivity index (χ4v) is 3.92. The standard InChI is InChI=1S/C19H30N4O2/c1-3-23(14(2)19(24)25)17-12-22(13-17)11-5-7-16-9-8-15-6-4-10-20-18(15)21-16/h8-9,14,17H,3-7,10-13H2,1-2H3,(H,20,21)(H,24,25). The molecule has 0 bridgehead atoms. The third-order valence-electron chi connectivity index (χ3n) is 5.49. The van der Waals surface area contributed by atoms with Crippen molar-refractivity contribution in [2.24, 2.45) is 0 Å². The van der Waals surface area contributed by atoms with E-state index >= 15 is 0 Å². The molecule has 3 rings (SSSR count). The van der Waals surface area contributed by atoms with E-state index in [0.717, 1.165) is 57.8 Å². The third kappa shape index (κ3) is 4.30. The topological polar surface area (TPSA) is 68.7 Å². The first-order chi connectivity index (χ1) is 12.1. The van der Waals surface area contributed by atoms with Crippen LogP contribution in [0.3, 0.4) is 0 Å². The normalized spacial score (nSPS) is 19.2. The van der Waals surface area contributed by atoms with E-state index in [0.29, 0.717) is 6.04 Å². The fraction of sp³-hybridized carbons (Fsp3) is 0.684. The second-order valence-corrected chi connectivity index (χ2v) is 7.20. The van der Waals surface area contributed by atoms with Gasteiger partial charge in [0, 0.05) is 31.4 Å². The first-order valence-corrected chi connectivity index (χ1v) is 9.52. The number of aromatic nitrogens is 1. The van der Waals surface area contributed by atoms with Crippen LogP contribution in [-0.4, -0.2) is 70.7 Å². The average Bonchev–Trinajstić information content (AvgIpc) is 2.59. The van der Waals surface area contributed by atoms with E-state index in [2.05, 4.69) is 27.2 Å². The van der Waals surface area contributed by atoms with Crippen LogP contribution in [-0.2, 0) is 17.6 Å². The van der Waals surface area contributed by atoms with Crippen molar-refractivity contribution in [3.63, 3.8) is 0 Å². The van der Waals surface area contributed by atoms with Gasteiger partial charge in [0.15, 0.2) is 0 Å². The van der Waals surface area contributed by atoms with E-state index in [9.17, 15) is 9.90 Å². The Balaban J connectivity index is 1.40. The predicted octanol–water partition coefficient (Wildman–Crippen LogP) is 1.85. The van der Waals surface area contributed by atoms with Crippen LogP contribution in [0.25, 0.3) is 0 Å². The van der Waals surface area contributed by atoms with E-state index < -0.39 is 12.0 Å². The summed E-state index contributed by atoms with van der Waals surface area (Å²) in [4.78, 5) is 20.4. The molecule has 1 aromatic rings. The zero-order chi connectivity index (χ0) is 17.8. The number of aliphatic carboxylic acids is 1. The molecule has 1 aromatic heterocycles. The Morgan fingerprint density at radius 3 is 3.00 bits per heavy atom. The van der Waals surface area contributed by atoms with Gasteiger partial charge in [-0.15, -0.1) is 0 Å². The number of pyridine rings is 1. The highest BCUT2D eigenvalue weighted by Crippen LogP contribution is 2.21. The van der Waals surface area contributed by atoms with Gasteiger partial charge >= 0.3 is 5.97 Å². The van der Waals surface area contributed by atoms with Crippen molar-refractivity contribution in [1.82, 2.24) is 14.8 Å². The minimum Gasteiger partial charge on any atom is -0.480 e. The van der Waals surface area contributed by atoms with Crippen molar-refractivity contribution in [2.45, 2.75) is 51.6 Å². The molecule has 0 amide bonds. The maximum Gasteiger partial charge on any atom is 0.320 e. The number of likely N-dealkylation sites (N-methyl/N-ethyl adjacent to an activating group) is 1. The average molecular weight is 346 g/mol. The van der Waals surface area contributed by atoms with Gasteiger partial charge in [-0.05, 0) is 57.3 Å². The second-order valence-electron chi connectivity index (χ2n) is 7.20. The maximum absolute atomic E-state index is 11.2. The van der Waals surface area contributed by atoms with Gasteiger partial charge in [-0.3, -0.25) is 9.69 Å². The molecular weight excluding hydrogens is 316 g/mol. The number of likely N-dealkylation sites (tertiary alicyclic amines) is 1. The lowest BCUT2D eigenvalue weighted by molar-refractivity contribution is -0.145. The van der Waals surface area contributed by atoms with Crippen molar-refractivity contribution in [3.05, 3.63) is 23.4 Å². The molecule has 0 aromatic carbocycles. The molecule has 2 aliphatic rings. The summed E-state index contributed by atoms with van der Waals surface area (Å²) in [6.45, 7) is 8.65. The van der Waals surface area contributed by atoms with Crippen LogP contribution in [0.4, 0.5) is 5.82 Å². The highest BCUT2D eigenvalue weighted by Gasteiger charge is 2.34. The minimum atomic E-state index is -0.729. The highest BCUT2D eigenvalue weighted by atomic mass is 16.4. The molecule has 0 aliphatic carbocycles.